The van der Waals surface area contributed by atoms with Crippen LogP contribution in [0.2, 0.25) is 0 Å². The molecule has 0 spiro atoms. The van der Waals surface area contributed by atoms with Gasteiger partial charge in [0.1, 0.15) is 6.04 Å². The summed E-state index contributed by atoms with van der Waals surface area (Å²) in [6.45, 7) is 8.11. The number of hydrogen-bond donors (Lipinski definition) is 1. The van der Waals surface area contributed by atoms with Crippen LogP contribution < -0.4 is 5.32 Å². The molecular formula is C10H18N2O3. The lowest BCUT2D eigenvalue weighted by Gasteiger charge is -2.32. The van der Waals surface area contributed by atoms with Gasteiger partial charge in [0.2, 0.25) is 5.91 Å². The zero-order chi connectivity index (χ0) is 11.6. The number of carbonyl (C=O) groups excluding carboxylic acids is 2. The van der Waals surface area contributed by atoms with E-state index in [2.05, 4.69) is 5.32 Å². The van der Waals surface area contributed by atoms with E-state index in [0.717, 1.165) is 0 Å². The number of amides is 1. The van der Waals surface area contributed by atoms with E-state index >= 15 is 0 Å². The third-order valence-corrected chi connectivity index (χ3v) is 2.26. The fourth-order valence-corrected chi connectivity index (χ4v) is 1.13. The standard InChI is InChI=1S/C10H18N2O3/c1-7-8(13)11-5-6-12(7)15-9(14)10(2,3)4/h7H,5-6H2,1-4H3,(H,11,13). The first-order chi connectivity index (χ1) is 6.82. The summed E-state index contributed by atoms with van der Waals surface area (Å²) in [5.74, 6) is -0.424. The summed E-state index contributed by atoms with van der Waals surface area (Å²) in [5, 5.41) is 4.14. The van der Waals surface area contributed by atoms with E-state index in [1.807, 2.05) is 0 Å². The van der Waals surface area contributed by atoms with Crippen LogP contribution in [-0.4, -0.2) is 36.1 Å². The lowest BCUT2D eigenvalue weighted by Crippen LogP contribution is -2.54. The van der Waals surface area contributed by atoms with Crippen LogP contribution in [0.1, 0.15) is 27.7 Å². The molecule has 1 heterocycles. The highest BCUT2D eigenvalue weighted by molar-refractivity contribution is 5.82. The van der Waals surface area contributed by atoms with Gasteiger partial charge in [-0.2, -0.15) is 0 Å². The number of hydrogen-bond acceptors (Lipinski definition) is 4. The van der Waals surface area contributed by atoms with Crippen LogP contribution >= 0.6 is 0 Å². The van der Waals surface area contributed by atoms with Crippen LogP contribution in [0.25, 0.3) is 0 Å². The molecule has 1 atom stereocenters. The topological polar surface area (TPSA) is 58.6 Å². The highest BCUT2D eigenvalue weighted by Crippen LogP contribution is 2.17. The average Bonchev–Trinajstić information content (AvgIpc) is 2.11. The summed E-state index contributed by atoms with van der Waals surface area (Å²) in [5.41, 5.74) is -0.548. The Kier molecular flexibility index (Phi) is 3.34. The van der Waals surface area contributed by atoms with Gasteiger partial charge in [0.15, 0.2) is 0 Å². The van der Waals surface area contributed by atoms with E-state index in [1.54, 1.807) is 27.7 Å². The van der Waals surface area contributed by atoms with Gasteiger partial charge in [-0.15, -0.1) is 5.06 Å². The molecule has 1 saturated heterocycles. The fourth-order valence-electron chi connectivity index (χ4n) is 1.13. The van der Waals surface area contributed by atoms with Gasteiger partial charge in [0.05, 0.1) is 12.0 Å². The molecule has 1 aliphatic rings. The van der Waals surface area contributed by atoms with Gasteiger partial charge in [0, 0.05) is 6.54 Å². The predicted octanol–water partition coefficient (Wildman–Crippen LogP) is 0.311. The lowest BCUT2D eigenvalue weighted by atomic mass is 9.98. The summed E-state index contributed by atoms with van der Waals surface area (Å²) < 4.78 is 0. The number of carbonyl (C=O) groups is 2. The Bertz CT molecular complexity index is 270. The van der Waals surface area contributed by atoms with E-state index in [1.165, 1.54) is 5.06 Å². The van der Waals surface area contributed by atoms with Gasteiger partial charge in [-0.25, -0.2) is 4.79 Å². The van der Waals surface area contributed by atoms with E-state index < -0.39 is 11.5 Å². The summed E-state index contributed by atoms with van der Waals surface area (Å²) in [4.78, 5) is 28.1. The molecule has 0 radical (unpaired) electrons. The number of nitrogens with zero attached hydrogens (tertiary/aromatic N) is 1. The van der Waals surface area contributed by atoms with Crippen molar-refractivity contribution in [2.45, 2.75) is 33.7 Å². The molecule has 1 rings (SSSR count). The number of nitrogens with one attached hydrogen (secondary N) is 1. The number of rotatable bonds is 1. The van der Waals surface area contributed by atoms with Crippen LogP contribution in [0.4, 0.5) is 0 Å². The molecular weight excluding hydrogens is 196 g/mol. The zero-order valence-corrected chi connectivity index (χ0v) is 9.66. The minimum Gasteiger partial charge on any atom is -0.367 e. The van der Waals surface area contributed by atoms with Gasteiger partial charge in [-0.05, 0) is 27.7 Å². The van der Waals surface area contributed by atoms with Crippen molar-refractivity contribution in [2.24, 2.45) is 5.41 Å². The normalized spacial score (nSPS) is 23.5. The second-order valence-corrected chi connectivity index (χ2v) is 4.74. The molecule has 86 valence electrons. The van der Waals surface area contributed by atoms with Crippen molar-refractivity contribution in [3.05, 3.63) is 0 Å². The SMILES string of the molecule is CC1C(=O)NCCN1OC(=O)C(C)(C)C. The van der Waals surface area contributed by atoms with Crippen LogP contribution in [0.15, 0.2) is 0 Å². The monoisotopic (exact) mass is 214 g/mol. The van der Waals surface area contributed by atoms with Crippen molar-refractivity contribution in [2.75, 3.05) is 13.1 Å². The van der Waals surface area contributed by atoms with Crippen molar-refractivity contribution in [1.82, 2.24) is 10.4 Å². The second kappa shape index (κ2) is 4.18. The smallest absolute Gasteiger partial charge is 0.330 e. The summed E-state index contributed by atoms with van der Waals surface area (Å²) in [6.07, 6.45) is 0. The van der Waals surface area contributed by atoms with Gasteiger partial charge < -0.3 is 10.2 Å². The Morgan fingerprint density at radius 3 is 2.67 bits per heavy atom. The number of hydroxylamine groups is 2. The Labute approximate surface area is 89.7 Å². The summed E-state index contributed by atoms with van der Waals surface area (Å²) in [7, 11) is 0. The maximum atomic E-state index is 11.6. The Hall–Kier alpha value is -1.10. The van der Waals surface area contributed by atoms with Crippen LogP contribution in [0.5, 0.6) is 0 Å². The minimum atomic E-state index is -0.548. The van der Waals surface area contributed by atoms with Gasteiger partial charge in [-0.3, -0.25) is 4.79 Å². The van der Waals surface area contributed by atoms with Crippen molar-refractivity contribution >= 4 is 11.9 Å². The van der Waals surface area contributed by atoms with E-state index in [-0.39, 0.29) is 11.9 Å². The Morgan fingerprint density at radius 1 is 1.53 bits per heavy atom. The first-order valence-electron chi connectivity index (χ1n) is 5.09. The largest absolute Gasteiger partial charge is 0.367 e. The zero-order valence-electron chi connectivity index (χ0n) is 9.66. The first-order valence-corrected chi connectivity index (χ1v) is 5.09. The average molecular weight is 214 g/mol. The van der Waals surface area contributed by atoms with Crippen molar-refractivity contribution in [3.63, 3.8) is 0 Å². The molecule has 0 saturated carbocycles. The third kappa shape index (κ3) is 2.92. The van der Waals surface area contributed by atoms with E-state index in [9.17, 15) is 9.59 Å². The molecule has 0 aromatic carbocycles. The van der Waals surface area contributed by atoms with Crippen molar-refractivity contribution in [1.29, 1.82) is 0 Å². The highest BCUT2D eigenvalue weighted by atomic mass is 16.7. The highest BCUT2D eigenvalue weighted by Gasteiger charge is 2.32. The number of piperazine rings is 1. The Balaban J connectivity index is 2.58. The van der Waals surface area contributed by atoms with E-state index in [4.69, 9.17) is 4.84 Å². The molecule has 1 fully saturated rings. The molecule has 0 bridgehead atoms. The maximum Gasteiger partial charge on any atom is 0.330 e. The molecule has 15 heavy (non-hydrogen) atoms. The minimum absolute atomic E-state index is 0.108. The third-order valence-electron chi connectivity index (χ3n) is 2.26. The maximum absolute atomic E-state index is 11.6. The lowest BCUT2D eigenvalue weighted by molar-refractivity contribution is -0.213. The van der Waals surface area contributed by atoms with Gasteiger partial charge >= 0.3 is 5.97 Å². The fraction of sp³-hybridized carbons (Fsp3) is 0.800. The van der Waals surface area contributed by atoms with E-state index in [0.29, 0.717) is 13.1 Å². The van der Waals surface area contributed by atoms with Crippen LogP contribution in [0, 0.1) is 5.41 Å². The van der Waals surface area contributed by atoms with Crippen LogP contribution in [-0.2, 0) is 14.4 Å². The molecule has 1 amide bonds. The first kappa shape index (κ1) is 12.0. The molecule has 0 aromatic heterocycles. The molecule has 1 unspecified atom stereocenters. The molecule has 0 aromatic rings. The van der Waals surface area contributed by atoms with Gasteiger partial charge in [-0.1, -0.05) is 0 Å². The molecule has 0 aliphatic carbocycles. The van der Waals surface area contributed by atoms with Gasteiger partial charge in [0.25, 0.3) is 0 Å². The predicted molar refractivity (Wildman–Crippen MR) is 54.7 cm³/mol. The van der Waals surface area contributed by atoms with Crippen molar-refractivity contribution in [3.8, 4) is 0 Å². The molecule has 1 aliphatic heterocycles. The van der Waals surface area contributed by atoms with Crippen LogP contribution in [0.3, 0.4) is 0 Å². The van der Waals surface area contributed by atoms with Crippen molar-refractivity contribution < 1.29 is 14.4 Å². The Morgan fingerprint density at radius 2 is 2.13 bits per heavy atom. The quantitative estimate of drug-likeness (QED) is 0.682. The second-order valence-electron chi connectivity index (χ2n) is 4.74. The molecule has 1 N–H and O–H groups in total. The molecule has 5 heteroatoms. The summed E-state index contributed by atoms with van der Waals surface area (Å²) >= 11 is 0. The summed E-state index contributed by atoms with van der Waals surface area (Å²) in [6, 6.07) is -0.412. The molecule has 5 nitrogen and oxygen atoms in total.